The molecule has 0 saturated carbocycles. The molecule has 4 aliphatic rings. The number of piperidine rings is 2. The van der Waals surface area contributed by atoms with E-state index in [1.54, 1.807) is 60.3 Å². The lowest BCUT2D eigenvalue weighted by molar-refractivity contribution is -0.151. The van der Waals surface area contributed by atoms with E-state index in [2.05, 4.69) is 9.80 Å². The van der Waals surface area contributed by atoms with E-state index in [0.717, 1.165) is 75.1 Å². The molecule has 6 rings (SSSR count). The van der Waals surface area contributed by atoms with Crippen molar-refractivity contribution in [2.24, 2.45) is 0 Å². The van der Waals surface area contributed by atoms with Crippen LogP contribution in [0.3, 0.4) is 0 Å². The molecular formula is C46H58Cl4N6O8. The molecule has 64 heavy (non-hydrogen) atoms. The molecule has 0 radical (unpaired) electrons. The molecule has 2 aromatic rings. The van der Waals surface area contributed by atoms with Crippen LogP contribution in [0.4, 0.5) is 0 Å². The topological polar surface area (TPSA) is 140 Å². The quantitative estimate of drug-likeness (QED) is 0.155. The molecule has 0 spiro atoms. The van der Waals surface area contributed by atoms with Gasteiger partial charge in [0.1, 0.15) is 0 Å². The average molecular weight is 965 g/mol. The molecule has 4 heterocycles. The fourth-order valence-electron chi connectivity index (χ4n) is 9.25. The van der Waals surface area contributed by atoms with Crippen LogP contribution in [0.15, 0.2) is 48.6 Å². The third kappa shape index (κ3) is 13.8. The maximum Gasteiger partial charge on any atom is 0.331 e. The average Bonchev–Trinajstić information content (AvgIpc) is 4.01. The van der Waals surface area contributed by atoms with Crippen molar-refractivity contribution in [2.75, 3.05) is 79.7 Å². The van der Waals surface area contributed by atoms with Gasteiger partial charge in [-0.1, -0.05) is 58.5 Å². The van der Waals surface area contributed by atoms with Crippen molar-refractivity contribution in [3.63, 3.8) is 0 Å². The molecule has 0 bridgehead atoms. The molecule has 0 N–H and O–H groups in total. The van der Waals surface area contributed by atoms with Crippen LogP contribution in [0.1, 0.15) is 62.5 Å². The fraction of sp³-hybridized carbons (Fsp3) is 0.565. The molecule has 4 saturated heterocycles. The summed E-state index contributed by atoms with van der Waals surface area (Å²) in [5, 5.41) is 1.64. The van der Waals surface area contributed by atoms with Gasteiger partial charge in [-0.2, -0.15) is 0 Å². The number of hydrogen-bond donors (Lipinski definition) is 0. The van der Waals surface area contributed by atoms with Gasteiger partial charge in [0.25, 0.3) is 11.8 Å². The Kier molecular flexibility index (Phi) is 18.2. The number of nitrogens with zero attached hydrogens (tertiary/aromatic N) is 6. The second kappa shape index (κ2) is 23.5. The molecule has 4 amide bonds. The number of halogens is 4. The van der Waals surface area contributed by atoms with Crippen molar-refractivity contribution in [1.82, 2.24) is 29.4 Å². The Labute approximate surface area is 395 Å². The van der Waals surface area contributed by atoms with E-state index in [9.17, 15) is 28.8 Å². The highest BCUT2D eigenvalue weighted by Crippen LogP contribution is 2.29. The van der Waals surface area contributed by atoms with Crippen LogP contribution in [-0.4, -0.2) is 169 Å². The first-order valence-electron chi connectivity index (χ1n) is 22.1. The van der Waals surface area contributed by atoms with Crippen LogP contribution in [0.2, 0.25) is 20.1 Å². The first-order chi connectivity index (χ1) is 30.6. The summed E-state index contributed by atoms with van der Waals surface area (Å²) in [7, 11) is 3.33. The lowest BCUT2D eigenvalue weighted by Crippen LogP contribution is -2.56. The Morgan fingerprint density at radius 3 is 1.31 bits per heavy atom. The second-order valence-electron chi connectivity index (χ2n) is 17.3. The Bertz CT molecular complexity index is 1900. The van der Waals surface area contributed by atoms with Crippen LogP contribution in [-0.2, 0) is 51.1 Å². The number of amides is 4. The van der Waals surface area contributed by atoms with Gasteiger partial charge < -0.3 is 38.9 Å². The van der Waals surface area contributed by atoms with Gasteiger partial charge in [0.2, 0.25) is 11.8 Å². The number of carbonyl (C=O) groups is 6. The molecular weight excluding hydrogens is 906 g/mol. The van der Waals surface area contributed by atoms with Gasteiger partial charge in [-0.05, 0) is 113 Å². The summed E-state index contributed by atoms with van der Waals surface area (Å²) in [6.07, 6.45) is 8.76. The summed E-state index contributed by atoms with van der Waals surface area (Å²) >= 11 is 24.6. The van der Waals surface area contributed by atoms with E-state index in [1.807, 2.05) is 9.80 Å². The van der Waals surface area contributed by atoms with Gasteiger partial charge in [0, 0.05) is 76.6 Å². The van der Waals surface area contributed by atoms with Crippen molar-refractivity contribution >= 4 is 82.0 Å². The summed E-state index contributed by atoms with van der Waals surface area (Å²) in [6, 6.07) is 9.80. The summed E-state index contributed by atoms with van der Waals surface area (Å²) in [4.78, 5) is 90.4. The Morgan fingerprint density at radius 1 is 0.578 bits per heavy atom. The molecule has 0 aromatic heterocycles. The highest BCUT2D eigenvalue weighted by Gasteiger charge is 2.38. The van der Waals surface area contributed by atoms with E-state index in [0.29, 0.717) is 72.0 Å². The number of carbonyl (C=O) groups excluding carboxylic acids is 6. The zero-order valence-corrected chi connectivity index (χ0v) is 39.6. The molecule has 14 nitrogen and oxygen atoms in total. The van der Waals surface area contributed by atoms with Crippen LogP contribution in [0.5, 0.6) is 0 Å². The zero-order valence-electron chi connectivity index (χ0n) is 36.5. The predicted molar refractivity (Wildman–Crippen MR) is 245 cm³/mol. The first kappa shape index (κ1) is 49.5. The molecule has 348 valence electrons. The number of benzene rings is 2. The standard InChI is InChI=1S/C46H58Cl4N6O8/c1-51(33-13-19-55(35(25-33)27-53-15-3-4-16-53)41(57)23-31-7-9-37(47)39(49)21-31)43(59)29-63-45(61)11-12-46(62)64-30-44(60)52(2)34-14-20-56(36(26-34)28-54-17-5-6-18-54)42(58)24-32-8-10-38(48)40(50)22-32/h7-12,21-22,33-36H,3-6,13-20,23-30H2,1-2H3/b12-11-. The SMILES string of the molecule is CN(C(=O)COC(=O)/C=C\C(=O)OCC(=O)N(C)C1CCN(C(=O)Cc2ccc(Cl)c(Cl)c2)C(CN2CCCC2)C1)C1CCN(C(=O)Cc2ccc(Cl)c(Cl)c2)C(CN2CCCC2)C1. The van der Waals surface area contributed by atoms with Crippen molar-refractivity contribution in [2.45, 2.75) is 88.4 Å². The van der Waals surface area contributed by atoms with Crippen LogP contribution in [0, 0.1) is 0 Å². The lowest BCUT2D eigenvalue weighted by atomic mass is 9.94. The van der Waals surface area contributed by atoms with E-state index in [-0.39, 0.29) is 48.8 Å². The molecule has 2 aromatic carbocycles. The molecule has 0 aliphatic carbocycles. The Hall–Kier alpha value is -3.92. The number of ether oxygens (including phenoxy) is 2. The van der Waals surface area contributed by atoms with Crippen LogP contribution >= 0.6 is 46.4 Å². The Balaban J connectivity index is 0.938. The smallest absolute Gasteiger partial charge is 0.331 e. The fourth-order valence-corrected chi connectivity index (χ4v) is 9.89. The summed E-state index contributed by atoms with van der Waals surface area (Å²) in [5.41, 5.74) is 1.55. The van der Waals surface area contributed by atoms with E-state index < -0.39 is 37.0 Å². The number of esters is 2. The largest absolute Gasteiger partial charge is 0.452 e. The van der Waals surface area contributed by atoms with Crippen molar-refractivity contribution < 1.29 is 38.2 Å². The summed E-state index contributed by atoms with van der Waals surface area (Å²) in [5.74, 6) is -2.69. The maximum absolute atomic E-state index is 13.6. The third-order valence-electron chi connectivity index (χ3n) is 12.9. The van der Waals surface area contributed by atoms with Gasteiger partial charge in [-0.3, -0.25) is 19.2 Å². The third-order valence-corrected chi connectivity index (χ3v) is 14.4. The minimum atomic E-state index is -0.915. The molecule has 4 unspecified atom stereocenters. The predicted octanol–water partition coefficient (Wildman–Crippen LogP) is 5.56. The van der Waals surface area contributed by atoms with Gasteiger partial charge in [-0.15, -0.1) is 0 Å². The lowest BCUT2D eigenvalue weighted by Gasteiger charge is -2.43. The van der Waals surface area contributed by atoms with Gasteiger partial charge in [0.15, 0.2) is 13.2 Å². The van der Waals surface area contributed by atoms with Gasteiger partial charge in [-0.25, -0.2) is 9.59 Å². The summed E-state index contributed by atoms with van der Waals surface area (Å²) < 4.78 is 10.4. The van der Waals surface area contributed by atoms with E-state index in [1.165, 1.54) is 0 Å². The number of rotatable bonds is 16. The highest BCUT2D eigenvalue weighted by molar-refractivity contribution is 6.42. The van der Waals surface area contributed by atoms with Gasteiger partial charge in [0.05, 0.1) is 32.9 Å². The normalized spacial score (nSPS) is 21.8. The minimum absolute atomic E-state index is 0.0177. The van der Waals surface area contributed by atoms with Crippen molar-refractivity contribution in [3.05, 3.63) is 79.8 Å². The van der Waals surface area contributed by atoms with Crippen molar-refractivity contribution in [1.29, 1.82) is 0 Å². The van der Waals surface area contributed by atoms with Crippen molar-refractivity contribution in [3.8, 4) is 0 Å². The van der Waals surface area contributed by atoms with Crippen LogP contribution in [0.25, 0.3) is 0 Å². The monoisotopic (exact) mass is 962 g/mol. The highest BCUT2D eigenvalue weighted by atomic mass is 35.5. The number of hydrogen-bond acceptors (Lipinski definition) is 10. The maximum atomic E-state index is 13.6. The van der Waals surface area contributed by atoms with Gasteiger partial charge >= 0.3 is 11.9 Å². The van der Waals surface area contributed by atoms with E-state index in [4.69, 9.17) is 55.9 Å². The molecule has 18 heteroatoms. The summed E-state index contributed by atoms with van der Waals surface area (Å²) in [6.45, 7) is 5.10. The van der Waals surface area contributed by atoms with Crippen LogP contribution < -0.4 is 0 Å². The molecule has 4 aliphatic heterocycles. The zero-order chi connectivity index (χ0) is 45.9. The molecule has 4 fully saturated rings. The second-order valence-corrected chi connectivity index (χ2v) is 18.9. The Morgan fingerprint density at radius 2 is 0.953 bits per heavy atom. The van der Waals surface area contributed by atoms with E-state index >= 15 is 0 Å². The molecule has 4 atom stereocenters. The first-order valence-corrected chi connectivity index (χ1v) is 23.6. The number of likely N-dealkylation sites (tertiary alicyclic amines) is 4. The minimum Gasteiger partial charge on any atom is -0.452 e. The number of likely N-dealkylation sites (N-methyl/N-ethyl adjacent to an activating group) is 2.